The Balaban J connectivity index is 1.39. The first-order valence-corrected chi connectivity index (χ1v) is 11.9. The molecule has 10 nitrogen and oxygen atoms in total. The molecular weight excluding hydrogens is 615 g/mol. The second-order valence-electron chi connectivity index (χ2n) is 9.19. The maximum atomic E-state index is 14.3. The quantitative estimate of drug-likeness (QED) is 0.241. The number of aromatic nitrogens is 6. The van der Waals surface area contributed by atoms with Crippen LogP contribution in [0.5, 0.6) is 0 Å². The number of carbonyl (C=O) groups excluding carboxylic acids is 2. The summed E-state index contributed by atoms with van der Waals surface area (Å²) < 4.78 is 123. The molecule has 2 N–H and O–H groups in total. The number of benzene rings is 2. The number of carbonyl (C=O) groups is 2. The van der Waals surface area contributed by atoms with E-state index >= 15 is 0 Å². The molecule has 0 atom stereocenters. The molecule has 44 heavy (non-hydrogen) atoms. The molecule has 0 saturated heterocycles. The zero-order chi connectivity index (χ0) is 31.8. The molecule has 2 aromatic carbocycles. The number of rotatable bonds is 4. The third-order valence-corrected chi connectivity index (χ3v) is 6.42. The van der Waals surface area contributed by atoms with Crippen molar-refractivity contribution in [3.05, 3.63) is 83.1 Å². The first-order valence-electron chi connectivity index (χ1n) is 11.9. The van der Waals surface area contributed by atoms with Crippen molar-refractivity contribution in [1.29, 1.82) is 0 Å². The molecule has 2 amide bonds. The summed E-state index contributed by atoms with van der Waals surface area (Å²) in [5, 5.41) is 14.8. The summed E-state index contributed by atoms with van der Waals surface area (Å²) in [5.74, 6) is -3.18. The minimum absolute atomic E-state index is 0.0236. The number of amides is 2. The fourth-order valence-electron chi connectivity index (χ4n) is 4.62. The van der Waals surface area contributed by atoms with Crippen molar-refractivity contribution in [3.63, 3.8) is 0 Å². The van der Waals surface area contributed by atoms with Crippen molar-refractivity contribution in [3.8, 4) is 11.5 Å². The van der Waals surface area contributed by atoms with Gasteiger partial charge in [0.15, 0.2) is 17.2 Å². The van der Waals surface area contributed by atoms with Crippen LogP contribution in [0.4, 0.5) is 50.9 Å². The topological polar surface area (TPSA) is 120 Å². The Morgan fingerprint density at radius 2 is 1.61 bits per heavy atom. The van der Waals surface area contributed by atoms with Crippen LogP contribution in [0.25, 0.3) is 22.3 Å². The van der Waals surface area contributed by atoms with Crippen LogP contribution in [-0.2, 0) is 18.5 Å². The summed E-state index contributed by atoms with van der Waals surface area (Å²) in [7, 11) is 0. The summed E-state index contributed by atoms with van der Waals surface area (Å²) >= 11 is 0. The van der Waals surface area contributed by atoms with Gasteiger partial charge in [-0.2, -0.15) is 49.7 Å². The number of hydrogen-bond donors (Lipinski definition) is 2. The third kappa shape index (κ3) is 4.74. The van der Waals surface area contributed by atoms with Crippen LogP contribution in [0.3, 0.4) is 0 Å². The number of nitrogens with zero attached hydrogens (tertiary/aromatic N) is 6. The van der Waals surface area contributed by atoms with Crippen molar-refractivity contribution in [2.45, 2.75) is 18.5 Å². The fourth-order valence-corrected chi connectivity index (χ4v) is 4.62. The van der Waals surface area contributed by atoms with Gasteiger partial charge in [-0.15, -0.1) is 9.90 Å². The monoisotopic (exact) mass is 626 g/mol. The summed E-state index contributed by atoms with van der Waals surface area (Å²) in [6.07, 6.45) is -14.2. The molecule has 0 spiro atoms. The molecule has 0 saturated carbocycles. The third-order valence-electron chi connectivity index (χ3n) is 6.42. The number of nitrogens with one attached hydrogen (secondary N) is 2. The highest BCUT2D eigenvalue weighted by molar-refractivity contribution is 6.25. The second-order valence-corrected chi connectivity index (χ2v) is 9.19. The van der Waals surface area contributed by atoms with E-state index in [1.165, 1.54) is 30.3 Å². The van der Waals surface area contributed by atoms with Crippen molar-refractivity contribution >= 4 is 34.0 Å². The van der Waals surface area contributed by atoms with E-state index in [-0.39, 0.29) is 33.7 Å². The van der Waals surface area contributed by atoms with Gasteiger partial charge < -0.3 is 10.6 Å². The van der Waals surface area contributed by atoms with Gasteiger partial charge in [-0.05, 0) is 24.3 Å². The Bertz CT molecular complexity index is 1990. The molecule has 226 valence electrons. The van der Waals surface area contributed by atoms with Crippen molar-refractivity contribution in [2.24, 2.45) is 0 Å². The normalized spacial score (nSPS) is 13.4. The minimum atomic E-state index is -5.26. The van der Waals surface area contributed by atoms with E-state index < -0.39 is 64.4 Å². The molecule has 1 aliphatic heterocycles. The van der Waals surface area contributed by atoms with E-state index in [9.17, 15) is 49.1 Å². The molecule has 0 bridgehead atoms. The lowest BCUT2D eigenvalue weighted by molar-refractivity contribution is -0.143. The first kappa shape index (κ1) is 28.6. The second kappa shape index (κ2) is 9.51. The first-order chi connectivity index (χ1) is 20.5. The van der Waals surface area contributed by atoms with E-state index in [0.29, 0.717) is 28.1 Å². The zero-order valence-electron chi connectivity index (χ0n) is 21.1. The molecular formula is C25H11F9N8O2. The molecule has 0 fully saturated rings. The van der Waals surface area contributed by atoms with Gasteiger partial charge in [0.05, 0.1) is 35.5 Å². The molecule has 6 rings (SSSR count). The smallest absolute Gasteiger partial charge is 0.321 e. The van der Waals surface area contributed by atoms with Gasteiger partial charge in [-0.1, -0.05) is 12.1 Å². The van der Waals surface area contributed by atoms with E-state index in [2.05, 4.69) is 25.6 Å². The van der Waals surface area contributed by atoms with Crippen molar-refractivity contribution in [2.75, 3.05) is 10.6 Å². The largest absolute Gasteiger partial charge is 0.436 e. The highest BCUT2D eigenvalue weighted by atomic mass is 19.4. The van der Waals surface area contributed by atoms with Crippen LogP contribution in [0, 0.1) is 0 Å². The number of anilines is 2. The maximum absolute atomic E-state index is 14.3. The highest BCUT2D eigenvalue weighted by Crippen LogP contribution is 2.40. The van der Waals surface area contributed by atoms with Crippen LogP contribution >= 0.6 is 0 Å². The van der Waals surface area contributed by atoms with E-state index in [4.69, 9.17) is 0 Å². The Labute approximate surface area is 237 Å². The molecule has 5 aromatic rings. The molecule has 0 unspecified atom stereocenters. The Kier molecular flexibility index (Phi) is 6.19. The summed E-state index contributed by atoms with van der Waals surface area (Å²) in [6, 6.07) is 7.20. The van der Waals surface area contributed by atoms with Crippen molar-refractivity contribution < 1.29 is 49.1 Å². The van der Waals surface area contributed by atoms with Gasteiger partial charge in [0.2, 0.25) is 0 Å². The van der Waals surface area contributed by atoms with E-state index in [1.807, 2.05) is 5.32 Å². The predicted octanol–water partition coefficient (Wildman–Crippen LogP) is 5.88. The van der Waals surface area contributed by atoms with E-state index in [1.54, 1.807) is 0 Å². The molecule has 3 aromatic heterocycles. The summed E-state index contributed by atoms with van der Waals surface area (Å²) in [6.45, 7) is 0. The van der Waals surface area contributed by atoms with Crippen LogP contribution < -0.4 is 10.6 Å². The molecule has 1 aliphatic rings. The Morgan fingerprint density at radius 3 is 2.27 bits per heavy atom. The highest BCUT2D eigenvalue weighted by Gasteiger charge is 2.42. The van der Waals surface area contributed by atoms with Gasteiger partial charge in [0.1, 0.15) is 5.56 Å². The van der Waals surface area contributed by atoms with Crippen molar-refractivity contribution in [1.82, 2.24) is 29.8 Å². The van der Waals surface area contributed by atoms with Crippen LogP contribution in [0.15, 0.2) is 55.0 Å². The molecule has 4 heterocycles. The number of alkyl halides is 9. The molecule has 19 heteroatoms. The lowest BCUT2D eigenvalue weighted by atomic mass is 10.0. The number of hydrogen-bond acceptors (Lipinski definition) is 6. The standard InChI is InChI=1S/C25H11F9N8O2/c26-23(27,28)14-6-10(7-35-20(14)42-37-9-17(40-42)24(29,30)31)38-22(44)13-8-36-41(19(13)25(32,33)34)16-5-4-15-18-11(16)2-1-3-12(18)21(43)39-15/h1-9H,(H,38,44)(H,39,43). The predicted molar refractivity (Wildman–Crippen MR) is 131 cm³/mol. The summed E-state index contributed by atoms with van der Waals surface area (Å²) in [5.41, 5.74) is -6.29. The van der Waals surface area contributed by atoms with Gasteiger partial charge in [-0.3, -0.25) is 9.59 Å². The van der Waals surface area contributed by atoms with E-state index in [0.717, 1.165) is 0 Å². The van der Waals surface area contributed by atoms with Gasteiger partial charge in [0.25, 0.3) is 11.8 Å². The van der Waals surface area contributed by atoms with Crippen LogP contribution in [0.2, 0.25) is 0 Å². The number of pyridine rings is 1. The lowest BCUT2D eigenvalue weighted by Crippen LogP contribution is -2.21. The van der Waals surface area contributed by atoms with Gasteiger partial charge in [-0.25, -0.2) is 9.67 Å². The average molecular weight is 626 g/mol. The average Bonchev–Trinajstić information content (AvgIpc) is 3.67. The van der Waals surface area contributed by atoms with Gasteiger partial charge >= 0.3 is 18.5 Å². The lowest BCUT2D eigenvalue weighted by Gasteiger charge is -2.15. The van der Waals surface area contributed by atoms with Gasteiger partial charge in [0, 0.05) is 22.0 Å². The van der Waals surface area contributed by atoms with Crippen LogP contribution in [-0.4, -0.2) is 41.6 Å². The van der Waals surface area contributed by atoms with Crippen LogP contribution in [0.1, 0.15) is 37.7 Å². The maximum Gasteiger partial charge on any atom is 0.436 e. The SMILES string of the molecule is O=C(Nc1cnc(-n2ncc(C(F)(F)F)n2)c(C(F)(F)F)c1)c1cnn(-c2ccc3c4c(cccc24)C(=O)N3)c1C(F)(F)F. The number of halogens is 9. The molecule has 0 radical (unpaired) electrons. The molecule has 0 aliphatic carbocycles. The zero-order valence-corrected chi connectivity index (χ0v) is 21.1. The fraction of sp³-hybridized carbons (Fsp3) is 0.120. The summed E-state index contributed by atoms with van der Waals surface area (Å²) in [4.78, 5) is 28.6. The Hall–Kier alpha value is -5.49. The Morgan fingerprint density at radius 1 is 0.864 bits per heavy atom. The minimum Gasteiger partial charge on any atom is -0.321 e.